The first-order valence-corrected chi connectivity index (χ1v) is 14.1. The molecule has 0 spiro atoms. The number of fused-ring (bicyclic) bond motifs is 1. The number of H-pyrrole nitrogens is 1. The maximum atomic E-state index is 13.0. The van der Waals surface area contributed by atoms with Gasteiger partial charge >= 0.3 is 12.5 Å². The fourth-order valence-corrected chi connectivity index (χ4v) is 5.97. The van der Waals surface area contributed by atoms with E-state index in [4.69, 9.17) is 30.0 Å². The highest BCUT2D eigenvalue weighted by atomic mass is 32.7. The molecule has 7 atom stereocenters. The lowest BCUT2D eigenvalue weighted by Gasteiger charge is -2.25. The van der Waals surface area contributed by atoms with Crippen molar-refractivity contribution in [2.24, 2.45) is 0 Å². The average Bonchev–Trinajstić information content (AvgIpc) is 3.54. The second-order valence-corrected chi connectivity index (χ2v) is 11.6. The third kappa shape index (κ3) is 5.36. The molecule has 3 aliphatic rings. The van der Waals surface area contributed by atoms with Gasteiger partial charge in [0.25, 0.3) is 5.56 Å². The summed E-state index contributed by atoms with van der Waals surface area (Å²) in [6, 6.07) is 0. The third-order valence-corrected chi connectivity index (χ3v) is 7.90. The largest absolute Gasteiger partial charge is 0.394 e. The number of hydrogen-bond donors (Lipinski definition) is 7. The molecule has 3 aliphatic heterocycles. The molecule has 8 N–H and O–H groups in total. The average molecular weight is 576 g/mol. The quantitative estimate of drug-likeness (QED) is 0.132. The lowest BCUT2D eigenvalue weighted by molar-refractivity contribution is -0.0459. The van der Waals surface area contributed by atoms with E-state index >= 15 is 0 Å². The molecule has 20 heteroatoms. The van der Waals surface area contributed by atoms with E-state index in [-0.39, 0.29) is 49.5 Å². The molecule has 2 unspecified atom stereocenters. The number of aliphatic hydroxyl groups is 2. The number of aromatic nitrogens is 5. The van der Waals surface area contributed by atoms with Crippen LogP contribution < -0.4 is 32.9 Å². The molecule has 0 amide bonds. The summed E-state index contributed by atoms with van der Waals surface area (Å²) in [6.07, 6.45) is -4.10. The summed E-state index contributed by atoms with van der Waals surface area (Å²) in [5.74, 6) is 0.00800. The van der Waals surface area contributed by atoms with Gasteiger partial charge in [-0.25, -0.2) is 14.3 Å². The van der Waals surface area contributed by atoms with Crippen LogP contribution in [-0.4, -0.2) is 85.2 Å². The fraction of sp³-hybridized carbons (Fsp3) is 0.611. The van der Waals surface area contributed by atoms with Crippen LogP contribution >= 0.6 is 19.0 Å². The van der Waals surface area contributed by atoms with Crippen molar-refractivity contribution in [3.63, 3.8) is 0 Å². The Morgan fingerprint density at radius 3 is 2.71 bits per heavy atom. The molecule has 2 aromatic rings. The Morgan fingerprint density at radius 2 is 1.97 bits per heavy atom. The van der Waals surface area contributed by atoms with E-state index in [0.717, 1.165) is 10.9 Å². The van der Waals surface area contributed by atoms with Crippen LogP contribution in [0.5, 0.6) is 0 Å². The Bertz CT molecular complexity index is 1360. The van der Waals surface area contributed by atoms with Gasteiger partial charge in [0, 0.05) is 12.8 Å². The minimum absolute atomic E-state index is 0.00752. The highest BCUT2D eigenvalue weighted by Gasteiger charge is 2.44. The number of nitrogens with two attached hydrogens (primary N) is 2. The molecule has 2 aromatic heterocycles. The minimum Gasteiger partial charge on any atom is -0.394 e. The zero-order valence-electron chi connectivity index (χ0n) is 19.6. The number of thiol groups is 1. The number of rotatable bonds is 8. The summed E-state index contributed by atoms with van der Waals surface area (Å²) in [6.45, 7) is -4.70. The first kappa shape index (κ1) is 26.8. The summed E-state index contributed by atoms with van der Waals surface area (Å²) in [7, 11) is 0. The van der Waals surface area contributed by atoms with Crippen molar-refractivity contribution in [3.8, 4) is 0 Å². The molecule has 38 heavy (non-hydrogen) atoms. The zero-order valence-corrected chi connectivity index (χ0v) is 21.4. The molecule has 0 aliphatic carbocycles. The van der Waals surface area contributed by atoms with Crippen LogP contribution in [0.4, 0.5) is 23.4 Å². The lowest BCUT2D eigenvalue weighted by atomic mass is 10.2. The topological polar surface area (TPSA) is 255 Å². The number of nitrogen functional groups attached to an aromatic ring is 2. The van der Waals surface area contributed by atoms with Gasteiger partial charge in [-0.15, -0.1) is 0 Å². The first-order valence-electron chi connectivity index (χ1n) is 11.4. The molecule has 5 heterocycles. The van der Waals surface area contributed by atoms with Crippen molar-refractivity contribution in [1.29, 1.82) is 0 Å². The summed E-state index contributed by atoms with van der Waals surface area (Å²) >= 11 is 4.01. The van der Waals surface area contributed by atoms with Crippen LogP contribution in [0.1, 0.15) is 19.1 Å². The van der Waals surface area contributed by atoms with E-state index in [1.807, 2.05) is 0 Å². The number of aliphatic hydroxyl groups excluding tert-OH is 2. The molecule has 0 radical (unpaired) electrons. The van der Waals surface area contributed by atoms with Crippen LogP contribution in [0, 0.1) is 0 Å². The number of ether oxygens (including phenoxy) is 2. The molecule has 5 rings (SSSR count). The molecular formula is C18H26N9O9PS. The highest BCUT2D eigenvalue weighted by molar-refractivity contribution is 8.44. The third-order valence-electron chi connectivity index (χ3n) is 6.26. The van der Waals surface area contributed by atoms with Gasteiger partial charge in [-0.2, -0.15) is 9.97 Å². The Hall–Kier alpha value is -2.77. The van der Waals surface area contributed by atoms with Crippen LogP contribution in [0.3, 0.4) is 0 Å². The second kappa shape index (κ2) is 10.4. The van der Waals surface area contributed by atoms with Crippen molar-refractivity contribution < 1.29 is 33.3 Å². The van der Waals surface area contributed by atoms with Crippen molar-refractivity contribution in [3.05, 3.63) is 27.2 Å². The molecule has 0 bridgehead atoms. The van der Waals surface area contributed by atoms with Gasteiger partial charge in [0.1, 0.15) is 42.8 Å². The van der Waals surface area contributed by atoms with E-state index < -0.39 is 61.5 Å². The Morgan fingerprint density at radius 1 is 1.21 bits per heavy atom. The maximum Gasteiger partial charge on any atom is 0.386 e. The van der Waals surface area contributed by atoms with Gasteiger partial charge in [-0.1, -0.05) is 12.2 Å². The van der Waals surface area contributed by atoms with Gasteiger partial charge < -0.3 is 41.4 Å². The second-order valence-electron chi connectivity index (χ2n) is 8.75. The molecule has 0 aromatic carbocycles. The SMILES string of the molecule is Nc1ncn([C@H]2C[C@@H](OP(=O)(S)OC[C@H]3O[C@@H](N4CNc5c4nc(N)[nH]c5=O)CC3O)[C@@H](CO)O2)c(=O)n1. The molecule has 208 valence electrons. The highest BCUT2D eigenvalue weighted by Crippen LogP contribution is 2.56. The number of nitrogens with zero attached hydrogens (tertiary/aromatic N) is 5. The van der Waals surface area contributed by atoms with Gasteiger partial charge in [-0.3, -0.25) is 23.4 Å². The van der Waals surface area contributed by atoms with Crippen LogP contribution in [-0.2, 0) is 23.1 Å². The standard InChI is InChI=1S/C18H26N9O9PS/c19-16-22-6-27(18(31)25-16)12-2-8(9(3-28)34-12)36-37(32,38)33-4-10-7(29)1-11(35-10)26-5-21-13-14(26)23-17(20)24-15(13)30/h6-12,21,28-29H,1-5H2,(H,32,38)(H2,19,25,31)(H3,20,23,24,30)/t7?,8-,9-,10-,11-,12-,37?/m1/s1. The van der Waals surface area contributed by atoms with Crippen LogP contribution in [0.2, 0.25) is 0 Å². The number of nitrogens with one attached hydrogen (secondary N) is 2. The Kier molecular flexibility index (Phi) is 7.35. The Labute approximate surface area is 219 Å². The number of hydrogen-bond acceptors (Lipinski definition) is 16. The van der Waals surface area contributed by atoms with E-state index in [2.05, 4.69) is 37.5 Å². The van der Waals surface area contributed by atoms with Crippen LogP contribution in [0.15, 0.2) is 15.9 Å². The molecule has 2 saturated heterocycles. The summed E-state index contributed by atoms with van der Waals surface area (Å²) in [5.41, 5.74) is 10.1. The van der Waals surface area contributed by atoms with E-state index in [9.17, 15) is 24.4 Å². The van der Waals surface area contributed by atoms with Crippen molar-refractivity contribution in [1.82, 2.24) is 24.5 Å². The van der Waals surface area contributed by atoms with E-state index in [0.29, 0.717) is 0 Å². The number of anilines is 4. The number of aromatic amines is 1. The van der Waals surface area contributed by atoms with E-state index in [1.165, 1.54) is 0 Å². The first-order chi connectivity index (χ1) is 18.0. The van der Waals surface area contributed by atoms with Gasteiger partial charge in [-0.05, 0) is 0 Å². The monoisotopic (exact) mass is 575 g/mol. The molecular weight excluding hydrogens is 549 g/mol. The predicted octanol–water partition coefficient (Wildman–Crippen LogP) is -2.03. The summed E-state index contributed by atoms with van der Waals surface area (Å²) < 4.78 is 36.5. The Balaban J connectivity index is 1.19. The van der Waals surface area contributed by atoms with Crippen LogP contribution in [0.25, 0.3) is 0 Å². The van der Waals surface area contributed by atoms with Gasteiger partial charge in [0.05, 0.1) is 26.0 Å². The van der Waals surface area contributed by atoms with Gasteiger partial charge in [0.2, 0.25) is 11.9 Å². The van der Waals surface area contributed by atoms with E-state index in [1.54, 1.807) is 4.90 Å². The maximum absolute atomic E-state index is 13.0. The lowest BCUT2D eigenvalue weighted by Crippen LogP contribution is -2.36. The normalized spacial score (nSPS) is 30.2. The zero-order chi connectivity index (χ0) is 27.2. The summed E-state index contributed by atoms with van der Waals surface area (Å²) in [4.78, 5) is 39.6. The van der Waals surface area contributed by atoms with Crippen molar-refractivity contribution >= 4 is 42.4 Å². The molecule has 0 saturated carbocycles. The predicted molar refractivity (Wildman–Crippen MR) is 133 cm³/mol. The molecule has 2 fully saturated rings. The van der Waals surface area contributed by atoms with Crippen molar-refractivity contribution in [2.45, 2.75) is 49.7 Å². The molecule has 18 nitrogen and oxygen atoms in total. The fourth-order valence-electron chi connectivity index (χ4n) is 4.45. The van der Waals surface area contributed by atoms with Crippen molar-refractivity contribution in [2.75, 3.05) is 41.6 Å². The smallest absolute Gasteiger partial charge is 0.386 e. The summed E-state index contributed by atoms with van der Waals surface area (Å²) in [5, 5.41) is 23.1. The van der Waals surface area contributed by atoms with Gasteiger partial charge in [0.15, 0.2) is 5.82 Å². The minimum atomic E-state index is -4.05.